The lowest BCUT2D eigenvalue weighted by Crippen LogP contribution is -2.29. The first-order valence-corrected chi connectivity index (χ1v) is 9.45. The van der Waals surface area contributed by atoms with Crippen LogP contribution in [0.2, 0.25) is 0 Å². The summed E-state index contributed by atoms with van der Waals surface area (Å²) < 4.78 is 21.5. The van der Waals surface area contributed by atoms with Crippen molar-refractivity contribution >= 4 is 11.6 Å². The Morgan fingerprint density at radius 3 is 2.90 bits per heavy atom. The summed E-state index contributed by atoms with van der Waals surface area (Å²) in [5.74, 6) is -0.922. The van der Waals surface area contributed by atoms with Crippen LogP contribution in [0.15, 0.2) is 48.8 Å². The average molecular weight is 396 g/mol. The Kier molecular flexibility index (Phi) is 5.76. The number of nitrogens with one attached hydrogen (secondary N) is 2. The number of aromatic nitrogens is 4. The van der Waals surface area contributed by atoms with Gasteiger partial charge in [0.1, 0.15) is 6.61 Å². The number of amides is 1. The predicted molar refractivity (Wildman–Crippen MR) is 104 cm³/mol. The summed E-state index contributed by atoms with van der Waals surface area (Å²) >= 11 is 0. The molecule has 4 rings (SSSR count). The Balaban J connectivity index is 1.37. The predicted octanol–water partition coefficient (Wildman–Crippen LogP) is 2.57. The zero-order valence-corrected chi connectivity index (χ0v) is 15.7. The molecule has 8 nitrogen and oxygen atoms in total. The van der Waals surface area contributed by atoms with E-state index in [2.05, 4.69) is 25.9 Å². The van der Waals surface area contributed by atoms with Crippen molar-refractivity contribution in [2.75, 3.05) is 18.4 Å². The molecule has 1 fully saturated rings. The van der Waals surface area contributed by atoms with Crippen LogP contribution in [0.4, 0.5) is 10.1 Å². The van der Waals surface area contributed by atoms with Crippen molar-refractivity contribution in [1.82, 2.24) is 25.3 Å². The molecule has 0 atom stereocenters. The normalized spacial score (nSPS) is 14.5. The van der Waals surface area contributed by atoms with Crippen LogP contribution in [0.25, 0.3) is 0 Å². The van der Waals surface area contributed by atoms with E-state index in [-0.39, 0.29) is 24.1 Å². The number of hydrogen-bond donors (Lipinski definition) is 2. The fraction of sp³-hybridized carbons (Fsp3) is 0.300. The van der Waals surface area contributed by atoms with Crippen LogP contribution in [0.1, 0.15) is 35.1 Å². The molecule has 1 saturated heterocycles. The third-order valence-corrected chi connectivity index (χ3v) is 4.72. The molecule has 1 aromatic carbocycles. The van der Waals surface area contributed by atoms with Gasteiger partial charge in [0, 0.05) is 18.0 Å². The second-order valence-electron chi connectivity index (χ2n) is 6.77. The molecule has 3 aromatic rings. The molecule has 0 radical (unpaired) electrons. The Morgan fingerprint density at radius 2 is 2.14 bits per heavy atom. The fourth-order valence-electron chi connectivity index (χ4n) is 3.16. The largest absolute Gasteiger partial charge is 0.484 e. The molecule has 3 heterocycles. The van der Waals surface area contributed by atoms with Crippen molar-refractivity contribution in [1.29, 1.82) is 0 Å². The summed E-state index contributed by atoms with van der Waals surface area (Å²) in [6.07, 6.45) is 5.16. The summed E-state index contributed by atoms with van der Waals surface area (Å²) in [6.45, 7) is 1.99. The maximum Gasteiger partial charge on any atom is 0.277 e. The second-order valence-corrected chi connectivity index (χ2v) is 6.77. The smallest absolute Gasteiger partial charge is 0.277 e. The number of piperidine rings is 1. The molecule has 1 amide bonds. The standard InChI is InChI=1S/C20H21FN6O2/c21-17-11-14(4-5-19(17)29-13-15-3-1-2-8-23-15)24-20(28)18-12-27(26-25-18)16-6-9-22-10-7-16/h1-5,8,11-12,16,22H,6-7,9-10,13H2,(H,24,28). The highest BCUT2D eigenvalue weighted by atomic mass is 19.1. The number of benzene rings is 1. The van der Waals surface area contributed by atoms with E-state index in [1.807, 2.05) is 6.07 Å². The number of rotatable bonds is 6. The molecular formula is C20H21FN6O2. The maximum atomic E-state index is 14.3. The van der Waals surface area contributed by atoms with Gasteiger partial charge in [-0.3, -0.25) is 9.78 Å². The lowest BCUT2D eigenvalue weighted by atomic mass is 10.1. The molecular weight excluding hydrogens is 375 g/mol. The van der Waals surface area contributed by atoms with Crippen LogP contribution in [-0.4, -0.2) is 39.0 Å². The fourth-order valence-corrected chi connectivity index (χ4v) is 3.16. The van der Waals surface area contributed by atoms with E-state index in [9.17, 15) is 9.18 Å². The number of nitrogens with zero attached hydrogens (tertiary/aromatic N) is 4. The summed E-state index contributed by atoms with van der Waals surface area (Å²) in [5, 5.41) is 13.9. The quantitative estimate of drug-likeness (QED) is 0.665. The second kappa shape index (κ2) is 8.78. The Labute approximate surface area is 167 Å². The number of carbonyl (C=O) groups is 1. The minimum absolute atomic E-state index is 0.0884. The number of hydrogen-bond acceptors (Lipinski definition) is 6. The highest BCUT2D eigenvalue weighted by Crippen LogP contribution is 2.23. The average Bonchev–Trinajstić information content (AvgIpc) is 3.25. The van der Waals surface area contributed by atoms with Gasteiger partial charge >= 0.3 is 0 Å². The highest BCUT2D eigenvalue weighted by molar-refractivity contribution is 6.02. The molecule has 0 bridgehead atoms. The summed E-state index contributed by atoms with van der Waals surface area (Å²) in [5.41, 5.74) is 1.20. The molecule has 2 aromatic heterocycles. The third kappa shape index (κ3) is 4.75. The van der Waals surface area contributed by atoms with Gasteiger partial charge in [0.05, 0.1) is 17.9 Å². The van der Waals surface area contributed by atoms with Crippen LogP contribution < -0.4 is 15.4 Å². The van der Waals surface area contributed by atoms with E-state index < -0.39 is 11.7 Å². The number of halogens is 1. The third-order valence-electron chi connectivity index (χ3n) is 4.72. The van der Waals surface area contributed by atoms with Gasteiger partial charge in [0.25, 0.3) is 5.91 Å². The lowest BCUT2D eigenvalue weighted by Gasteiger charge is -2.22. The number of pyridine rings is 1. The van der Waals surface area contributed by atoms with Crippen LogP contribution in [0.5, 0.6) is 5.75 Å². The molecule has 29 heavy (non-hydrogen) atoms. The van der Waals surface area contributed by atoms with Crippen molar-refractivity contribution < 1.29 is 13.9 Å². The van der Waals surface area contributed by atoms with E-state index in [0.29, 0.717) is 11.4 Å². The molecule has 1 aliphatic heterocycles. The minimum atomic E-state index is -0.572. The van der Waals surface area contributed by atoms with Crippen molar-refractivity contribution in [3.05, 3.63) is 66.0 Å². The zero-order chi connectivity index (χ0) is 20.1. The molecule has 9 heteroatoms. The highest BCUT2D eigenvalue weighted by Gasteiger charge is 2.19. The van der Waals surface area contributed by atoms with Gasteiger partial charge in [-0.2, -0.15) is 0 Å². The molecule has 2 N–H and O–H groups in total. The molecule has 1 aliphatic rings. The molecule has 0 aliphatic carbocycles. The topological polar surface area (TPSA) is 94.0 Å². The van der Waals surface area contributed by atoms with E-state index >= 15 is 0 Å². The molecule has 0 unspecified atom stereocenters. The Morgan fingerprint density at radius 1 is 1.28 bits per heavy atom. The van der Waals surface area contributed by atoms with E-state index in [1.165, 1.54) is 12.1 Å². The molecule has 0 saturated carbocycles. The zero-order valence-electron chi connectivity index (χ0n) is 15.7. The Bertz CT molecular complexity index is 972. The summed E-state index contributed by atoms with van der Waals surface area (Å²) in [6, 6.07) is 9.92. The monoisotopic (exact) mass is 396 g/mol. The first-order valence-electron chi connectivity index (χ1n) is 9.45. The van der Waals surface area contributed by atoms with Crippen molar-refractivity contribution in [2.45, 2.75) is 25.5 Å². The Hall–Kier alpha value is -3.33. The summed E-state index contributed by atoms with van der Waals surface area (Å²) in [7, 11) is 0. The van der Waals surface area contributed by atoms with Gasteiger partial charge in [-0.25, -0.2) is 9.07 Å². The molecule has 0 spiro atoms. The van der Waals surface area contributed by atoms with Crippen molar-refractivity contribution in [2.24, 2.45) is 0 Å². The van der Waals surface area contributed by atoms with Gasteiger partial charge in [-0.05, 0) is 50.2 Å². The maximum absolute atomic E-state index is 14.3. The van der Waals surface area contributed by atoms with Crippen LogP contribution in [0, 0.1) is 5.82 Å². The first-order chi connectivity index (χ1) is 14.2. The molecule has 150 valence electrons. The first kappa shape index (κ1) is 19.0. The van der Waals surface area contributed by atoms with Gasteiger partial charge in [0.2, 0.25) is 0 Å². The SMILES string of the molecule is O=C(Nc1ccc(OCc2ccccn2)c(F)c1)c1cn(C2CCNCC2)nn1. The number of ether oxygens (including phenoxy) is 1. The van der Waals surface area contributed by atoms with E-state index in [0.717, 1.165) is 25.9 Å². The van der Waals surface area contributed by atoms with Crippen molar-refractivity contribution in [3.63, 3.8) is 0 Å². The lowest BCUT2D eigenvalue weighted by molar-refractivity contribution is 0.102. The van der Waals surface area contributed by atoms with E-state index in [1.54, 1.807) is 35.3 Å². The van der Waals surface area contributed by atoms with Crippen molar-refractivity contribution in [3.8, 4) is 5.75 Å². The van der Waals surface area contributed by atoms with Gasteiger partial charge in [-0.1, -0.05) is 11.3 Å². The summed E-state index contributed by atoms with van der Waals surface area (Å²) in [4.78, 5) is 16.5. The van der Waals surface area contributed by atoms with Crippen LogP contribution >= 0.6 is 0 Å². The number of carbonyl (C=O) groups excluding carboxylic acids is 1. The van der Waals surface area contributed by atoms with E-state index in [4.69, 9.17) is 4.74 Å². The van der Waals surface area contributed by atoms with Crippen LogP contribution in [-0.2, 0) is 6.61 Å². The number of anilines is 1. The van der Waals surface area contributed by atoms with Gasteiger partial charge < -0.3 is 15.4 Å². The minimum Gasteiger partial charge on any atom is -0.484 e. The van der Waals surface area contributed by atoms with Gasteiger partial charge in [0.15, 0.2) is 17.3 Å². The van der Waals surface area contributed by atoms with Crippen LogP contribution in [0.3, 0.4) is 0 Å². The van der Waals surface area contributed by atoms with Gasteiger partial charge in [-0.15, -0.1) is 5.10 Å².